The van der Waals surface area contributed by atoms with Gasteiger partial charge in [-0.1, -0.05) is 44.2 Å². The molecular weight excluding hydrogens is 488 g/mol. The van der Waals surface area contributed by atoms with E-state index in [0.717, 1.165) is 15.5 Å². The number of amides is 2. The summed E-state index contributed by atoms with van der Waals surface area (Å²) in [6, 6.07) is 7.22. The largest absolute Gasteiger partial charge is 0.494 e. The number of benzene rings is 1. The van der Waals surface area contributed by atoms with Gasteiger partial charge in [-0.15, -0.1) is 11.8 Å². The number of hydrogen-bond acceptors (Lipinski definition) is 9. The van der Waals surface area contributed by atoms with Gasteiger partial charge in [-0.05, 0) is 24.1 Å². The first-order valence-corrected chi connectivity index (χ1v) is 12.9. The van der Waals surface area contributed by atoms with Crippen LogP contribution in [0.2, 0.25) is 0 Å². The number of nitrogens with zero attached hydrogens (tertiary/aromatic N) is 3. The molecule has 9 nitrogen and oxygen atoms in total. The van der Waals surface area contributed by atoms with Crippen LogP contribution in [0.4, 0.5) is 5.13 Å². The zero-order valence-electron chi connectivity index (χ0n) is 20.2. The molecule has 0 aliphatic rings. The van der Waals surface area contributed by atoms with E-state index in [1.807, 2.05) is 12.1 Å². The molecular formula is C24H30N4O5S2. The zero-order chi connectivity index (χ0) is 25.4. The molecule has 0 unspecified atom stereocenters. The average Bonchev–Trinajstić information content (AvgIpc) is 3.45. The molecule has 2 heterocycles. The van der Waals surface area contributed by atoms with Gasteiger partial charge in [0.1, 0.15) is 11.5 Å². The number of thioether (sulfide) groups is 1. The van der Waals surface area contributed by atoms with Crippen LogP contribution >= 0.6 is 23.1 Å². The molecule has 1 aromatic carbocycles. The molecule has 11 heteroatoms. The van der Waals surface area contributed by atoms with Gasteiger partial charge in [0.25, 0.3) is 0 Å². The van der Waals surface area contributed by atoms with Crippen LogP contribution in [0.25, 0.3) is 0 Å². The zero-order valence-corrected chi connectivity index (χ0v) is 21.9. The molecule has 0 aliphatic heterocycles. The maximum Gasteiger partial charge on any atom is 0.245 e. The van der Waals surface area contributed by atoms with Gasteiger partial charge in [0.05, 0.1) is 35.4 Å². The summed E-state index contributed by atoms with van der Waals surface area (Å²) in [4.78, 5) is 32.4. The number of thiazole rings is 1. The van der Waals surface area contributed by atoms with E-state index in [9.17, 15) is 9.59 Å². The summed E-state index contributed by atoms with van der Waals surface area (Å²) in [5.41, 5.74) is 0.766. The molecule has 0 saturated carbocycles. The lowest BCUT2D eigenvalue weighted by Crippen LogP contribution is -2.22. The first kappa shape index (κ1) is 26.7. The van der Waals surface area contributed by atoms with Crippen molar-refractivity contribution in [2.75, 3.05) is 19.0 Å². The molecule has 3 rings (SSSR count). The van der Waals surface area contributed by atoms with Crippen molar-refractivity contribution in [3.63, 3.8) is 0 Å². The molecule has 188 valence electrons. The lowest BCUT2D eigenvalue weighted by Gasteiger charge is -2.12. The number of ether oxygens (including phenoxy) is 1. The fourth-order valence-electron chi connectivity index (χ4n) is 2.87. The highest BCUT2D eigenvalue weighted by Gasteiger charge is 2.19. The van der Waals surface area contributed by atoms with E-state index in [0.29, 0.717) is 40.6 Å². The predicted molar refractivity (Wildman–Crippen MR) is 135 cm³/mol. The third-order valence-corrected chi connectivity index (χ3v) is 6.91. The second kappa shape index (κ2) is 12.2. The van der Waals surface area contributed by atoms with Crippen molar-refractivity contribution in [2.45, 2.75) is 55.4 Å². The molecule has 0 radical (unpaired) electrons. The molecule has 0 atom stereocenters. The van der Waals surface area contributed by atoms with E-state index in [1.165, 1.54) is 18.4 Å². The van der Waals surface area contributed by atoms with E-state index in [4.69, 9.17) is 14.4 Å². The van der Waals surface area contributed by atoms with Crippen molar-refractivity contribution in [3.8, 4) is 5.75 Å². The van der Waals surface area contributed by atoms with Crippen molar-refractivity contribution in [1.82, 2.24) is 15.0 Å². The van der Waals surface area contributed by atoms with Crippen LogP contribution in [0, 0.1) is 0 Å². The Morgan fingerprint density at radius 1 is 1.20 bits per heavy atom. The number of hydrogen-bond donors (Lipinski definition) is 2. The number of aromatic nitrogens is 2. The molecule has 0 bridgehead atoms. The lowest BCUT2D eigenvalue weighted by atomic mass is 9.94. The van der Waals surface area contributed by atoms with Crippen molar-refractivity contribution in [1.29, 1.82) is 0 Å². The standard InChI is InChI=1S/C24H30N4O5S2/c1-24(2,3)18-13-25-20(33-18)15-34-22-14-26-23(35-22)27-19(29)12-16-7-9-17(10-8-16)32-11-5-6-21(30)28(4)31/h7-10,13-14,31H,5-6,11-12,15H2,1-4H3,(H,26,27,29). The predicted octanol–water partition coefficient (Wildman–Crippen LogP) is 4.91. The van der Waals surface area contributed by atoms with Crippen molar-refractivity contribution < 1.29 is 24.0 Å². The van der Waals surface area contributed by atoms with Gasteiger partial charge in [0.15, 0.2) is 5.13 Å². The highest BCUT2D eigenvalue weighted by atomic mass is 32.2. The van der Waals surface area contributed by atoms with E-state index in [1.54, 1.807) is 36.3 Å². The van der Waals surface area contributed by atoms with Crippen LogP contribution in [0.1, 0.15) is 50.8 Å². The SMILES string of the molecule is CN(O)C(=O)CCCOc1ccc(CC(=O)Nc2ncc(SCc3ncc(C(C)(C)C)o3)s2)cc1. The van der Waals surface area contributed by atoms with Crippen LogP contribution in [-0.2, 0) is 27.2 Å². The monoisotopic (exact) mass is 518 g/mol. The summed E-state index contributed by atoms with van der Waals surface area (Å²) in [5.74, 6) is 2.25. The minimum Gasteiger partial charge on any atom is -0.494 e. The van der Waals surface area contributed by atoms with Crippen LogP contribution in [0.5, 0.6) is 5.75 Å². The fraction of sp³-hybridized carbons (Fsp3) is 0.417. The van der Waals surface area contributed by atoms with Crippen molar-refractivity contribution in [2.24, 2.45) is 0 Å². The molecule has 2 aromatic heterocycles. The first-order chi connectivity index (χ1) is 16.6. The molecule has 35 heavy (non-hydrogen) atoms. The van der Waals surface area contributed by atoms with Gasteiger partial charge in [0, 0.05) is 18.9 Å². The highest BCUT2D eigenvalue weighted by molar-refractivity contribution is 8.00. The second-order valence-corrected chi connectivity index (χ2v) is 11.2. The summed E-state index contributed by atoms with van der Waals surface area (Å²) < 4.78 is 12.4. The maximum atomic E-state index is 12.4. The van der Waals surface area contributed by atoms with Crippen molar-refractivity contribution in [3.05, 3.63) is 53.9 Å². The van der Waals surface area contributed by atoms with E-state index in [-0.39, 0.29) is 30.1 Å². The van der Waals surface area contributed by atoms with E-state index in [2.05, 4.69) is 36.1 Å². The molecule has 2 N–H and O–H groups in total. The second-order valence-electron chi connectivity index (χ2n) is 8.88. The Labute approximate surface area is 212 Å². The van der Waals surface area contributed by atoms with E-state index < -0.39 is 0 Å². The van der Waals surface area contributed by atoms with Gasteiger partial charge < -0.3 is 14.5 Å². The molecule has 0 fully saturated rings. The minimum absolute atomic E-state index is 0.0784. The summed E-state index contributed by atoms with van der Waals surface area (Å²) in [5, 5.41) is 13.0. The van der Waals surface area contributed by atoms with Crippen LogP contribution in [0.3, 0.4) is 0 Å². The topological polar surface area (TPSA) is 118 Å². The summed E-state index contributed by atoms with van der Waals surface area (Å²) in [6.07, 6.45) is 4.42. The minimum atomic E-state index is -0.356. The van der Waals surface area contributed by atoms with Crippen LogP contribution in [-0.4, -0.2) is 45.7 Å². The Balaban J connectivity index is 1.40. The smallest absolute Gasteiger partial charge is 0.245 e. The number of carbonyl (C=O) groups is 2. The first-order valence-electron chi connectivity index (χ1n) is 11.1. The van der Waals surface area contributed by atoms with Gasteiger partial charge >= 0.3 is 0 Å². The van der Waals surface area contributed by atoms with Crippen molar-refractivity contribution >= 4 is 40.0 Å². The number of rotatable bonds is 11. The maximum absolute atomic E-state index is 12.4. The molecule has 0 spiro atoms. The quantitative estimate of drug-likeness (QED) is 0.159. The average molecular weight is 519 g/mol. The van der Waals surface area contributed by atoms with Gasteiger partial charge in [-0.3, -0.25) is 14.8 Å². The number of nitrogens with one attached hydrogen (secondary N) is 1. The molecule has 0 saturated heterocycles. The molecule has 2 amide bonds. The number of anilines is 1. The number of hydroxylamine groups is 2. The Kier molecular flexibility index (Phi) is 9.30. The van der Waals surface area contributed by atoms with Gasteiger partial charge in [0.2, 0.25) is 17.7 Å². The summed E-state index contributed by atoms with van der Waals surface area (Å²) in [6.45, 7) is 6.60. The third kappa shape index (κ3) is 8.68. The third-order valence-electron chi connectivity index (χ3n) is 4.81. The number of carbonyl (C=O) groups excluding carboxylic acids is 2. The Hall–Kier alpha value is -2.89. The van der Waals surface area contributed by atoms with E-state index >= 15 is 0 Å². The summed E-state index contributed by atoms with van der Waals surface area (Å²) in [7, 11) is 1.30. The number of oxazole rings is 1. The Bertz CT molecular complexity index is 1120. The van der Waals surface area contributed by atoms with Crippen LogP contribution in [0.15, 0.2) is 45.3 Å². The Morgan fingerprint density at radius 2 is 1.94 bits per heavy atom. The summed E-state index contributed by atoms with van der Waals surface area (Å²) >= 11 is 2.97. The molecule has 0 aliphatic carbocycles. The highest BCUT2D eigenvalue weighted by Crippen LogP contribution is 2.31. The fourth-order valence-corrected chi connectivity index (χ4v) is 4.61. The molecule has 3 aromatic rings. The van der Waals surface area contributed by atoms with Gasteiger partial charge in [-0.25, -0.2) is 15.0 Å². The van der Waals surface area contributed by atoms with Crippen LogP contribution < -0.4 is 10.1 Å². The normalized spacial score (nSPS) is 11.3. The Morgan fingerprint density at radius 3 is 2.60 bits per heavy atom. The lowest BCUT2D eigenvalue weighted by molar-refractivity contribution is -0.159. The van der Waals surface area contributed by atoms with Gasteiger partial charge in [-0.2, -0.15) is 0 Å².